The van der Waals surface area contributed by atoms with Gasteiger partial charge in [0.25, 0.3) is 0 Å². The molecule has 1 aliphatic rings. The lowest BCUT2D eigenvalue weighted by Crippen LogP contribution is -2.57. The van der Waals surface area contributed by atoms with Crippen molar-refractivity contribution >= 4 is 11.8 Å². The van der Waals surface area contributed by atoms with Gasteiger partial charge in [-0.1, -0.05) is 5.11 Å². The fourth-order valence-corrected chi connectivity index (χ4v) is 2.18. The van der Waals surface area contributed by atoms with Crippen molar-refractivity contribution < 1.29 is 25.2 Å². The van der Waals surface area contributed by atoms with E-state index in [0.717, 1.165) is 11.8 Å². The lowest BCUT2D eigenvalue weighted by atomic mass is 10.0. The average molecular weight is 251 g/mol. The molecule has 0 saturated carbocycles. The Morgan fingerprint density at radius 3 is 2.50 bits per heavy atom. The smallest absolute Gasteiger partial charge is 0.132 e. The van der Waals surface area contributed by atoms with Gasteiger partial charge in [-0.05, 0) is 5.53 Å². The number of nitrogens with zero attached hydrogens (tertiary/aromatic N) is 3. The molecule has 4 N–H and O–H groups in total. The molecule has 8 nitrogen and oxygen atoms in total. The second-order valence-electron chi connectivity index (χ2n) is 3.22. The van der Waals surface area contributed by atoms with Crippen LogP contribution in [-0.2, 0) is 4.74 Å². The number of hydrogen-bond donors (Lipinski definition) is 4. The van der Waals surface area contributed by atoms with Crippen LogP contribution in [0.5, 0.6) is 0 Å². The van der Waals surface area contributed by atoms with Gasteiger partial charge in [-0.15, -0.1) is 11.8 Å². The van der Waals surface area contributed by atoms with Crippen molar-refractivity contribution in [2.45, 2.75) is 29.9 Å². The molecule has 1 heterocycles. The molecule has 1 aliphatic heterocycles. The average Bonchev–Trinajstić information content (AvgIpc) is 2.29. The van der Waals surface area contributed by atoms with E-state index in [2.05, 4.69) is 10.0 Å². The Kier molecular flexibility index (Phi) is 5.29. The van der Waals surface area contributed by atoms with Crippen molar-refractivity contribution in [1.82, 2.24) is 0 Å². The third-order valence-electron chi connectivity index (χ3n) is 2.21. The Morgan fingerprint density at radius 2 is 1.94 bits per heavy atom. The van der Waals surface area contributed by atoms with Gasteiger partial charge in [0, 0.05) is 4.91 Å². The summed E-state index contributed by atoms with van der Waals surface area (Å²) in [6, 6.07) is 0. The van der Waals surface area contributed by atoms with E-state index in [1.165, 1.54) is 0 Å². The summed E-state index contributed by atoms with van der Waals surface area (Å²) in [5, 5.41) is 40.6. The van der Waals surface area contributed by atoms with Gasteiger partial charge in [-0.2, -0.15) is 0 Å². The predicted molar refractivity (Wildman–Crippen MR) is 55.4 cm³/mol. The van der Waals surface area contributed by atoms with Gasteiger partial charge in [0.05, 0.1) is 12.5 Å². The zero-order chi connectivity index (χ0) is 12.1. The molecule has 9 heteroatoms. The zero-order valence-corrected chi connectivity index (χ0v) is 9.06. The van der Waals surface area contributed by atoms with E-state index in [9.17, 15) is 15.3 Å². The van der Waals surface area contributed by atoms with Crippen molar-refractivity contribution in [2.75, 3.05) is 12.5 Å². The highest BCUT2D eigenvalue weighted by atomic mass is 32.2. The first-order chi connectivity index (χ1) is 7.61. The number of hydrogen-bond acceptors (Lipinski definition) is 7. The molecule has 0 aromatic heterocycles. The highest BCUT2D eigenvalue weighted by molar-refractivity contribution is 7.99. The van der Waals surface area contributed by atoms with Gasteiger partial charge in [-0.3, -0.25) is 0 Å². The first-order valence-electron chi connectivity index (χ1n) is 4.54. The molecule has 0 aliphatic carbocycles. The number of aliphatic hydroxyl groups excluding tert-OH is 4. The molecule has 1 saturated heterocycles. The van der Waals surface area contributed by atoms with Crippen LogP contribution >= 0.6 is 11.8 Å². The highest BCUT2D eigenvalue weighted by Crippen LogP contribution is 2.28. The van der Waals surface area contributed by atoms with Gasteiger partial charge in [0.15, 0.2) is 0 Å². The fraction of sp³-hybridized carbons (Fsp3) is 1.00. The minimum absolute atomic E-state index is 0.0270. The second kappa shape index (κ2) is 6.26. The molecule has 1 rings (SSSR count). The zero-order valence-electron chi connectivity index (χ0n) is 8.25. The molecule has 0 radical (unpaired) electrons. The molecule has 0 spiro atoms. The van der Waals surface area contributed by atoms with Crippen LogP contribution in [0.1, 0.15) is 0 Å². The summed E-state index contributed by atoms with van der Waals surface area (Å²) in [4.78, 5) is 2.52. The maximum Gasteiger partial charge on any atom is 0.132 e. The number of aliphatic hydroxyl groups is 4. The van der Waals surface area contributed by atoms with Crippen LogP contribution < -0.4 is 0 Å². The molecule has 0 amide bonds. The third kappa shape index (κ3) is 2.98. The minimum Gasteiger partial charge on any atom is -0.394 e. The quantitative estimate of drug-likeness (QED) is 0.281. The molecule has 0 bridgehead atoms. The van der Waals surface area contributed by atoms with E-state index in [1.807, 2.05) is 0 Å². The number of thioether (sulfide) groups is 1. The topological polar surface area (TPSA) is 139 Å². The van der Waals surface area contributed by atoms with Crippen LogP contribution in [0.2, 0.25) is 0 Å². The Bertz CT molecular complexity index is 273. The molecule has 5 atom stereocenters. The first kappa shape index (κ1) is 13.5. The Morgan fingerprint density at radius 1 is 1.25 bits per heavy atom. The molecule has 0 unspecified atom stereocenters. The predicted octanol–water partition coefficient (Wildman–Crippen LogP) is -1.21. The summed E-state index contributed by atoms with van der Waals surface area (Å²) < 4.78 is 5.15. The molecule has 16 heavy (non-hydrogen) atoms. The maximum atomic E-state index is 9.55. The largest absolute Gasteiger partial charge is 0.394 e. The standard InChI is InChI=1S/C7H13N3O5S/c8-10-9-2-16-7-6(14)5(13)4(12)3(1-11)15-7/h3-7,11-14H,1-2H2/t3-,4-,5+,6+,7+/m1/s1. The van der Waals surface area contributed by atoms with Crippen molar-refractivity contribution in [3.05, 3.63) is 10.4 Å². The van der Waals surface area contributed by atoms with E-state index < -0.39 is 36.5 Å². The normalized spacial score (nSPS) is 39.1. The molecule has 0 aromatic carbocycles. The summed E-state index contributed by atoms with van der Waals surface area (Å²) in [6.07, 6.45) is -4.98. The Labute approximate surface area is 95.5 Å². The molecule has 1 fully saturated rings. The second-order valence-corrected chi connectivity index (χ2v) is 4.28. The molecule has 92 valence electrons. The minimum atomic E-state index is -1.39. The van der Waals surface area contributed by atoms with Crippen LogP contribution in [0.3, 0.4) is 0 Å². The van der Waals surface area contributed by atoms with Gasteiger partial charge in [0.2, 0.25) is 0 Å². The lowest BCUT2D eigenvalue weighted by molar-refractivity contribution is -0.205. The molecule has 0 aromatic rings. The fourth-order valence-electron chi connectivity index (χ4n) is 1.34. The van der Waals surface area contributed by atoms with E-state index in [-0.39, 0.29) is 5.88 Å². The van der Waals surface area contributed by atoms with Crippen LogP contribution in [-0.4, -0.2) is 62.8 Å². The van der Waals surface area contributed by atoms with Crippen LogP contribution in [0, 0.1) is 0 Å². The third-order valence-corrected chi connectivity index (χ3v) is 3.19. The molecular formula is C7H13N3O5S. The van der Waals surface area contributed by atoms with Crippen molar-refractivity contribution in [3.8, 4) is 0 Å². The van der Waals surface area contributed by atoms with Gasteiger partial charge in [0.1, 0.15) is 29.9 Å². The first-order valence-corrected chi connectivity index (χ1v) is 5.59. The Hall–Kier alpha value is -0.540. The van der Waals surface area contributed by atoms with Crippen LogP contribution in [0.25, 0.3) is 10.4 Å². The monoisotopic (exact) mass is 251 g/mol. The van der Waals surface area contributed by atoms with Gasteiger partial charge < -0.3 is 25.2 Å². The number of rotatable bonds is 4. The lowest BCUT2D eigenvalue weighted by Gasteiger charge is -2.39. The highest BCUT2D eigenvalue weighted by Gasteiger charge is 2.43. The molecular weight excluding hydrogens is 238 g/mol. The maximum absolute atomic E-state index is 9.55. The Balaban J connectivity index is 2.59. The summed E-state index contributed by atoms with van der Waals surface area (Å²) in [5.74, 6) is 0.0270. The van der Waals surface area contributed by atoms with E-state index in [4.69, 9.17) is 15.4 Å². The van der Waals surface area contributed by atoms with Gasteiger partial charge in [-0.25, -0.2) is 0 Å². The SMILES string of the molecule is [N-]=[N+]=NCS[C@@H]1O[C@H](CO)[C@@H](O)[C@H](O)[C@@H]1O. The van der Waals surface area contributed by atoms with Crippen molar-refractivity contribution in [3.63, 3.8) is 0 Å². The van der Waals surface area contributed by atoms with Crippen molar-refractivity contribution in [1.29, 1.82) is 0 Å². The summed E-state index contributed by atoms with van der Waals surface area (Å²) >= 11 is 0.980. The van der Waals surface area contributed by atoms with E-state index in [1.54, 1.807) is 0 Å². The summed E-state index contributed by atoms with van der Waals surface area (Å²) in [7, 11) is 0. The van der Waals surface area contributed by atoms with Gasteiger partial charge >= 0.3 is 0 Å². The van der Waals surface area contributed by atoms with E-state index in [0.29, 0.717) is 0 Å². The van der Waals surface area contributed by atoms with Crippen LogP contribution in [0.4, 0.5) is 0 Å². The summed E-state index contributed by atoms with van der Waals surface area (Å²) in [6.45, 7) is -0.469. The van der Waals surface area contributed by atoms with E-state index >= 15 is 0 Å². The number of azide groups is 1. The van der Waals surface area contributed by atoms with Crippen molar-refractivity contribution in [2.24, 2.45) is 5.11 Å². The number of ether oxygens (including phenoxy) is 1. The van der Waals surface area contributed by atoms with Crippen LogP contribution in [0.15, 0.2) is 5.11 Å². The summed E-state index contributed by atoms with van der Waals surface area (Å²) in [5.41, 5.74) is 7.22.